The molecule has 0 fully saturated rings. The molecule has 4 nitrogen and oxygen atoms in total. The Labute approximate surface area is 227 Å². The van der Waals surface area contributed by atoms with Crippen LogP contribution in [-0.2, 0) is 13.1 Å². The molecule has 0 unspecified atom stereocenters. The van der Waals surface area contributed by atoms with E-state index in [1.807, 2.05) is 84.9 Å². The first-order valence-electron chi connectivity index (χ1n) is 13.1. The van der Waals surface area contributed by atoms with E-state index < -0.39 is 0 Å². The summed E-state index contributed by atoms with van der Waals surface area (Å²) in [4.78, 5) is 26.0. The van der Waals surface area contributed by atoms with Crippen LogP contribution < -0.4 is 0 Å². The van der Waals surface area contributed by atoms with Crippen molar-refractivity contribution in [3.63, 3.8) is 0 Å². The summed E-state index contributed by atoms with van der Waals surface area (Å²) < 4.78 is 1.20. The lowest BCUT2D eigenvalue weighted by molar-refractivity contribution is -0.895. The highest BCUT2D eigenvalue weighted by atomic mass is 16.1. The summed E-state index contributed by atoms with van der Waals surface area (Å²) in [6, 6.07) is 36.1. The molecule has 194 valence electrons. The Morgan fingerprint density at radius 2 is 0.789 bits per heavy atom. The normalized spacial score (nSPS) is 11.8. The van der Waals surface area contributed by atoms with E-state index in [0.29, 0.717) is 22.1 Å². The van der Waals surface area contributed by atoms with E-state index in [4.69, 9.17) is 0 Å². The minimum absolute atomic E-state index is 0.134. The van der Waals surface area contributed by atoms with Gasteiger partial charge in [-0.25, -0.2) is 0 Å². The van der Waals surface area contributed by atoms with Gasteiger partial charge in [0.1, 0.15) is 26.2 Å². The number of hydrogen-bond acceptors (Lipinski definition) is 2. The Morgan fingerprint density at radius 3 is 1.11 bits per heavy atom. The van der Waals surface area contributed by atoms with Crippen molar-refractivity contribution in [1.29, 1.82) is 0 Å². The summed E-state index contributed by atoms with van der Waals surface area (Å²) in [5, 5.41) is 0. The topological polar surface area (TPSA) is 34.1 Å². The van der Waals surface area contributed by atoms with E-state index in [2.05, 4.69) is 52.5 Å². The van der Waals surface area contributed by atoms with Crippen molar-refractivity contribution in [1.82, 2.24) is 0 Å². The highest BCUT2D eigenvalue weighted by Gasteiger charge is 2.23. The number of carbonyl (C=O) groups excluding carboxylic acids is 2. The average molecular weight is 507 g/mol. The van der Waals surface area contributed by atoms with Gasteiger partial charge in [0.05, 0.1) is 28.2 Å². The first-order valence-corrected chi connectivity index (χ1v) is 13.1. The quantitative estimate of drug-likeness (QED) is 0.177. The van der Waals surface area contributed by atoms with Gasteiger partial charge in [-0.05, 0) is 11.1 Å². The Balaban J connectivity index is 1.36. The van der Waals surface area contributed by atoms with Crippen LogP contribution in [0.25, 0.3) is 11.1 Å². The second-order valence-electron chi connectivity index (χ2n) is 11.5. The highest BCUT2D eigenvalue weighted by Crippen LogP contribution is 2.22. The lowest BCUT2D eigenvalue weighted by atomic mass is 10.00. The first-order chi connectivity index (χ1) is 18.1. The molecule has 0 bridgehead atoms. The van der Waals surface area contributed by atoms with Gasteiger partial charge in [0.15, 0.2) is 0 Å². The summed E-state index contributed by atoms with van der Waals surface area (Å²) in [5.74, 6) is 0.268. The third kappa shape index (κ3) is 7.58. The maximum absolute atomic E-state index is 13.0. The lowest BCUT2D eigenvalue weighted by Crippen LogP contribution is -2.43. The first kappa shape index (κ1) is 27.2. The Hall–Kier alpha value is -3.86. The third-order valence-corrected chi connectivity index (χ3v) is 6.80. The van der Waals surface area contributed by atoms with Crippen LogP contribution in [0.15, 0.2) is 109 Å². The van der Waals surface area contributed by atoms with Crippen LogP contribution >= 0.6 is 0 Å². The van der Waals surface area contributed by atoms with Crippen LogP contribution in [0.5, 0.6) is 0 Å². The zero-order valence-electron chi connectivity index (χ0n) is 22.9. The molecular weight excluding hydrogens is 468 g/mol. The van der Waals surface area contributed by atoms with Crippen LogP contribution in [0, 0.1) is 0 Å². The number of carbonyl (C=O) groups is 2. The molecule has 0 saturated carbocycles. The molecule has 0 N–H and O–H groups in total. The fourth-order valence-corrected chi connectivity index (χ4v) is 4.92. The molecule has 0 aliphatic carbocycles. The fourth-order valence-electron chi connectivity index (χ4n) is 4.92. The van der Waals surface area contributed by atoms with Crippen molar-refractivity contribution < 1.29 is 18.6 Å². The van der Waals surface area contributed by atoms with E-state index in [1.165, 1.54) is 11.1 Å². The van der Waals surface area contributed by atoms with E-state index >= 15 is 0 Å². The molecular formula is C34H38N2O2+2. The predicted octanol–water partition coefficient (Wildman–Crippen LogP) is 6.27. The molecule has 38 heavy (non-hydrogen) atoms. The van der Waals surface area contributed by atoms with Crippen LogP contribution in [0.1, 0.15) is 31.8 Å². The van der Waals surface area contributed by atoms with Crippen molar-refractivity contribution in [3.05, 3.63) is 131 Å². The van der Waals surface area contributed by atoms with Crippen LogP contribution in [0.2, 0.25) is 0 Å². The van der Waals surface area contributed by atoms with Crippen molar-refractivity contribution in [3.8, 4) is 11.1 Å². The summed E-state index contributed by atoms with van der Waals surface area (Å²) in [7, 11) is 8.35. The number of rotatable bonds is 11. The van der Waals surface area contributed by atoms with Gasteiger partial charge in [0.25, 0.3) is 0 Å². The minimum Gasteiger partial charge on any atom is -0.318 e. The second-order valence-corrected chi connectivity index (χ2v) is 11.5. The van der Waals surface area contributed by atoms with Gasteiger partial charge in [-0.15, -0.1) is 0 Å². The number of ketones is 2. The molecule has 0 heterocycles. The monoisotopic (exact) mass is 506 g/mol. The van der Waals surface area contributed by atoms with Gasteiger partial charge in [-0.3, -0.25) is 9.59 Å². The second kappa shape index (κ2) is 11.7. The fraction of sp³-hybridized carbons (Fsp3) is 0.235. The number of hydrogen-bond donors (Lipinski definition) is 0. The van der Waals surface area contributed by atoms with E-state index in [-0.39, 0.29) is 11.6 Å². The van der Waals surface area contributed by atoms with Crippen LogP contribution in [-0.4, -0.2) is 61.8 Å². The average Bonchev–Trinajstić information content (AvgIpc) is 2.89. The minimum atomic E-state index is 0.134. The van der Waals surface area contributed by atoms with Gasteiger partial charge in [0, 0.05) is 22.3 Å². The Kier molecular flexibility index (Phi) is 8.35. The number of Topliss-reactive ketones (excluding diaryl/α,β-unsaturated/α-hetero) is 2. The standard InChI is InChI=1S/C34H38N2O2/c1-35(2,23-27-11-7-5-8-12-27)25-33(37)31-19-15-29(16-20-31)30-17-21-32(22-18-30)34(38)26-36(3,4)24-28-13-9-6-10-14-28/h5-22H,23-26H2,1-4H3/q+2. The number of benzene rings is 4. The molecule has 0 radical (unpaired) electrons. The molecule has 4 aromatic rings. The Bertz CT molecular complexity index is 1250. The van der Waals surface area contributed by atoms with Crippen molar-refractivity contribution in [2.45, 2.75) is 13.1 Å². The maximum atomic E-state index is 13.0. The molecule has 4 aromatic carbocycles. The molecule has 0 aliphatic heterocycles. The molecule has 0 amide bonds. The largest absolute Gasteiger partial charge is 0.318 e. The zero-order chi connectivity index (χ0) is 27.2. The molecule has 4 heteroatoms. The van der Waals surface area contributed by atoms with Crippen molar-refractivity contribution in [2.24, 2.45) is 0 Å². The van der Waals surface area contributed by atoms with E-state index in [0.717, 1.165) is 35.3 Å². The maximum Gasteiger partial charge on any atom is 0.216 e. The third-order valence-electron chi connectivity index (χ3n) is 6.80. The van der Waals surface area contributed by atoms with Crippen LogP contribution in [0.4, 0.5) is 0 Å². The predicted molar refractivity (Wildman–Crippen MR) is 155 cm³/mol. The molecule has 0 saturated heterocycles. The van der Waals surface area contributed by atoms with Crippen molar-refractivity contribution in [2.75, 3.05) is 41.3 Å². The molecule has 0 atom stereocenters. The Morgan fingerprint density at radius 1 is 0.474 bits per heavy atom. The van der Waals surface area contributed by atoms with Gasteiger partial charge in [0.2, 0.25) is 11.6 Å². The summed E-state index contributed by atoms with van der Waals surface area (Å²) in [6.45, 7) is 2.48. The summed E-state index contributed by atoms with van der Waals surface area (Å²) >= 11 is 0. The van der Waals surface area contributed by atoms with Gasteiger partial charge >= 0.3 is 0 Å². The van der Waals surface area contributed by atoms with Gasteiger partial charge < -0.3 is 8.97 Å². The number of quaternary nitrogens is 2. The number of nitrogens with zero attached hydrogens (tertiary/aromatic N) is 2. The molecule has 0 aromatic heterocycles. The van der Waals surface area contributed by atoms with E-state index in [9.17, 15) is 9.59 Å². The summed E-state index contributed by atoms with van der Waals surface area (Å²) in [6.07, 6.45) is 0. The SMILES string of the molecule is C[N+](C)(CC(=O)c1ccc(-c2ccc(C(=O)C[N+](C)(C)Cc3ccccc3)cc2)cc1)Cc1ccccc1. The molecule has 0 spiro atoms. The van der Waals surface area contributed by atoms with Crippen molar-refractivity contribution >= 4 is 11.6 Å². The lowest BCUT2D eigenvalue weighted by Gasteiger charge is -2.29. The molecule has 0 aliphatic rings. The van der Waals surface area contributed by atoms with Gasteiger partial charge in [-0.1, -0.05) is 109 Å². The van der Waals surface area contributed by atoms with E-state index in [1.54, 1.807) is 0 Å². The summed E-state index contributed by atoms with van der Waals surface area (Å²) in [5.41, 5.74) is 5.94. The highest BCUT2D eigenvalue weighted by molar-refractivity contribution is 5.98. The number of likely N-dealkylation sites (N-methyl/N-ethyl adjacent to an activating group) is 2. The van der Waals surface area contributed by atoms with Crippen LogP contribution in [0.3, 0.4) is 0 Å². The van der Waals surface area contributed by atoms with Gasteiger partial charge in [-0.2, -0.15) is 0 Å². The smallest absolute Gasteiger partial charge is 0.216 e. The zero-order valence-corrected chi connectivity index (χ0v) is 22.9. The molecule has 4 rings (SSSR count).